The predicted molar refractivity (Wildman–Crippen MR) is 117 cm³/mol. The lowest BCUT2D eigenvalue weighted by atomic mass is 9.94. The lowest BCUT2D eigenvalue weighted by Gasteiger charge is -2.24. The molecule has 1 aromatic heterocycles. The van der Waals surface area contributed by atoms with Crippen LogP contribution < -0.4 is 16.4 Å². The maximum Gasteiger partial charge on any atom is 0.251 e. The average Bonchev–Trinajstić information content (AvgIpc) is 2.80. The summed E-state index contributed by atoms with van der Waals surface area (Å²) < 4.78 is 5.56. The Morgan fingerprint density at radius 3 is 2.60 bits per heavy atom. The molecule has 1 atom stereocenters. The Bertz CT molecular complexity index is 1090. The van der Waals surface area contributed by atoms with Crippen molar-refractivity contribution < 1.29 is 9.53 Å². The molecule has 1 amide bonds. The van der Waals surface area contributed by atoms with E-state index in [9.17, 15) is 4.79 Å². The standard InChI is InChI=1S/C24H24N4O2/c25-23-21(17-5-6-20-18(11-17)7-8-27-24(20)29)12-19(13-28-23)15-1-3-16(4-2-15)22-14-30-10-9-26-22/h1-6,11-13,22,26H,7-10,14H2,(H2,25,28)(H,27,29). The normalized spacial score (nSPS) is 18.5. The molecule has 0 saturated carbocycles. The zero-order valence-electron chi connectivity index (χ0n) is 16.7. The van der Waals surface area contributed by atoms with Gasteiger partial charge in [0.15, 0.2) is 0 Å². The first-order valence-corrected chi connectivity index (χ1v) is 10.3. The molecule has 1 saturated heterocycles. The van der Waals surface area contributed by atoms with Crippen molar-refractivity contribution in [2.75, 3.05) is 32.0 Å². The minimum absolute atomic E-state index is 0.0133. The third-order valence-electron chi connectivity index (χ3n) is 5.83. The van der Waals surface area contributed by atoms with Crippen molar-refractivity contribution in [2.45, 2.75) is 12.5 Å². The number of nitrogens with zero attached hydrogens (tertiary/aromatic N) is 1. The summed E-state index contributed by atoms with van der Waals surface area (Å²) in [5, 5.41) is 6.36. The Morgan fingerprint density at radius 2 is 1.80 bits per heavy atom. The van der Waals surface area contributed by atoms with Crippen molar-refractivity contribution in [3.05, 3.63) is 71.4 Å². The van der Waals surface area contributed by atoms with Gasteiger partial charge in [0.05, 0.1) is 19.3 Å². The molecule has 152 valence electrons. The third-order valence-corrected chi connectivity index (χ3v) is 5.83. The second kappa shape index (κ2) is 7.89. The van der Waals surface area contributed by atoms with Gasteiger partial charge in [-0.3, -0.25) is 4.79 Å². The van der Waals surface area contributed by atoms with E-state index in [0.717, 1.165) is 53.0 Å². The highest BCUT2D eigenvalue weighted by molar-refractivity contribution is 5.97. The van der Waals surface area contributed by atoms with Crippen molar-refractivity contribution >= 4 is 11.7 Å². The molecular weight excluding hydrogens is 376 g/mol. The van der Waals surface area contributed by atoms with Crippen molar-refractivity contribution in [2.24, 2.45) is 0 Å². The molecule has 1 fully saturated rings. The molecular formula is C24H24N4O2. The van der Waals surface area contributed by atoms with Gasteiger partial charge in [0.25, 0.3) is 5.91 Å². The number of morpholine rings is 1. The maximum atomic E-state index is 12.0. The van der Waals surface area contributed by atoms with E-state index in [-0.39, 0.29) is 11.9 Å². The molecule has 3 heterocycles. The molecule has 3 aromatic rings. The maximum absolute atomic E-state index is 12.0. The van der Waals surface area contributed by atoms with Crippen molar-refractivity contribution in [1.29, 1.82) is 0 Å². The van der Waals surface area contributed by atoms with Gasteiger partial charge >= 0.3 is 0 Å². The lowest BCUT2D eigenvalue weighted by molar-refractivity contribution is 0.0769. The van der Waals surface area contributed by atoms with Crippen LogP contribution in [0.15, 0.2) is 54.7 Å². The van der Waals surface area contributed by atoms with Gasteiger partial charge in [-0.2, -0.15) is 0 Å². The van der Waals surface area contributed by atoms with Crippen molar-refractivity contribution in [1.82, 2.24) is 15.6 Å². The fourth-order valence-electron chi connectivity index (χ4n) is 4.15. The quantitative estimate of drug-likeness (QED) is 0.629. The zero-order chi connectivity index (χ0) is 20.5. The van der Waals surface area contributed by atoms with Crippen LogP contribution >= 0.6 is 0 Å². The van der Waals surface area contributed by atoms with Crippen LogP contribution in [0.2, 0.25) is 0 Å². The van der Waals surface area contributed by atoms with Crippen LogP contribution in [0, 0.1) is 0 Å². The number of amides is 1. The van der Waals surface area contributed by atoms with E-state index < -0.39 is 0 Å². The summed E-state index contributed by atoms with van der Waals surface area (Å²) in [5.41, 5.74) is 13.2. The highest BCUT2D eigenvalue weighted by atomic mass is 16.5. The number of fused-ring (bicyclic) bond motifs is 1. The van der Waals surface area contributed by atoms with E-state index in [1.54, 1.807) is 0 Å². The van der Waals surface area contributed by atoms with Crippen molar-refractivity contribution in [3.63, 3.8) is 0 Å². The smallest absolute Gasteiger partial charge is 0.251 e. The number of benzene rings is 2. The fourth-order valence-corrected chi connectivity index (χ4v) is 4.15. The summed E-state index contributed by atoms with van der Waals surface area (Å²) in [7, 11) is 0. The number of ether oxygens (including phenoxy) is 1. The molecule has 0 spiro atoms. The second-order valence-electron chi connectivity index (χ2n) is 7.74. The molecule has 0 radical (unpaired) electrons. The Hall–Kier alpha value is -3.22. The van der Waals surface area contributed by atoms with E-state index in [4.69, 9.17) is 10.5 Å². The molecule has 5 rings (SSSR count). The Kier molecular flexibility index (Phi) is 4.94. The van der Waals surface area contributed by atoms with Gasteiger partial charge in [-0.05, 0) is 40.8 Å². The number of rotatable bonds is 3. The molecule has 6 nitrogen and oxygen atoms in total. The molecule has 6 heteroatoms. The van der Waals surface area contributed by atoms with Crippen LogP contribution in [-0.4, -0.2) is 37.2 Å². The van der Waals surface area contributed by atoms with Gasteiger partial charge in [-0.15, -0.1) is 0 Å². The Morgan fingerprint density at radius 1 is 0.967 bits per heavy atom. The molecule has 4 N–H and O–H groups in total. The first-order chi connectivity index (χ1) is 14.7. The first-order valence-electron chi connectivity index (χ1n) is 10.3. The largest absolute Gasteiger partial charge is 0.383 e. The van der Waals surface area contributed by atoms with Gasteiger partial charge in [0.2, 0.25) is 0 Å². The monoisotopic (exact) mass is 400 g/mol. The number of carbonyl (C=O) groups is 1. The van der Waals surface area contributed by atoms with Crippen molar-refractivity contribution in [3.8, 4) is 22.3 Å². The second-order valence-corrected chi connectivity index (χ2v) is 7.74. The average molecular weight is 400 g/mol. The molecule has 2 aliphatic heterocycles. The zero-order valence-corrected chi connectivity index (χ0v) is 16.7. The number of nitrogens with two attached hydrogens (primary N) is 1. The van der Waals surface area contributed by atoms with Gasteiger partial charge in [0, 0.05) is 36.0 Å². The number of anilines is 1. The Balaban J connectivity index is 1.46. The SMILES string of the molecule is Nc1ncc(-c2ccc(C3COCCN3)cc2)cc1-c1ccc2c(c1)CCNC2=O. The number of hydrogen-bond donors (Lipinski definition) is 3. The highest BCUT2D eigenvalue weighted by Crippen LogP contribution is 2.32. The Labute approximate surface area is 175 Å². The minimum Gasteiger partial charge on any atom is -0.383 e. The van der Waals surface area contributed by atoms with E-state index >= 15 is 0 Å². The van der Waals surface area contributed by atoms with Gasteiger partial charge in [0.1, 0.15) is 5.82 Å². The first kappa shape index (κ1) is 18.8. The van der Waals surface area contributed by atoms with Crippen LogP contribution in [-0.2, 0) is 11.2 Å². The van der Waals surface area contributed by atoms with E-state index in [1.165, 1.54) is 5.56 Å². The van der Waals surface area contributed by atoms with Gasteiger partial charge < -0.3 is 21.1 Å². The van der Waals surface area contributed by atoms with E-state index in [0.29, 0.717) is 19.0 Å². The molecule has 1 unspecified atom stereocenters. The summed E-state index contributed by atoms with van der Waals surface area (Å²) in [5.74, 6) is 0.472. The number of hydrogen-bond acceptors (Lipinski definition) is 5. The predicted octanol–water partition coefficient (Wildman–Crippen LogP) is 2.94. The number of pyridine rings is 1. The van der Waals surface area contributed by atoms with Crippen LogP contribution in [0.5, 0.6) is 0 Å². The number of nitrogen functional groups attached to an aromatic ring is 1. The summed E-state index contributed by atoms with van der Waals surface area (Å²) in [6, 6.07) is 16.7. The van der Waals surface area contributed by atoms with Crippen LogP contribution in [0.1, 0.15) is 27.5 Å². The molecule has 0 bridgehead atoms. The van der Waals surface area contributed by atoms with Crippen LogP contribution in [0.25, 0.3) is 22.3 Å². The molecule has 30 heavy (non-hydrogen) atoms. The number of aromatic nitrogens is 1. The molecule has 2 aliphatic rings. The van der Waals surface area contributed by atoms with E-state index in [1.807, 2.05) is 18.3 Å². The van der Waals surface area contributed by atoms with Crippen LogP contribution in [0.3, 0.4) is 0 Å². The number of nitrogens with one attached hydrogen (secondary N) is 2. The summed E-state index contributed by atoms with van der Waals surface area (Å²) in [4.78, 5) is 16.5. The number of carbonyl (C=O) groups excluding carboxylic acids is 1. The molecule has 2 aromatic carbocycles. The van der Waals surface area contributed by atoms with Gasteiger partial charge in [-0.1, -0.05) is 36.4 Å². The summed E-state index contributed by atoms with van der Waals surface area (Å²) in [6.45, 7) is 3.00. The topological polar surface area (TPSA) is 89.3 Å². The van der Waals surface area contributed by atoms with Gasteiger partial charge in [-0.25, -0.2) is 4.98 Å². The lowest BCUT2D eigenvalue weighted by Crippen LogP contribution is -2.34. The third kappa shape index (κ3) is 3.56. The summed E-state index contributed by atoms with van der Waals surface area (Å²) >= 11 is 0. The summed E-state index contributed by atoms with van der Waals surface area (Å²) in [6.07, 6.45) is 2.63. The fraction of sp³-hybridized carbons (Fsp3) is 0.250. The highest BCUT2D eigenvalue weighted by Gasteiger charge is 2.18. The van der Waals surface area contributed by atoms with E-state index in [2.05, 4.69) is 52.0 Å². The molecule has 0 aliphatic carbocycles. The van der Waals surface area contributed by atoms with Crippen LogP contribution in [0.4, 0.5) is 5.82 Å². The minimum atomic E-state index is -0.0133.